The Morgan fingerprint density at radius 1 is 1.15 bits per heavy atom. The van der Waals surface area contributed by atoms with Crippen LogP contribution in [-0.2, 0) is 10.0 Å². The number of hydrogen-bond donors (Lipinski definition) is 1. The largest absolute Gasteiger partial charge is 0.497 e. The standard InChI is InChI=1S/C19H22F2N2O3S/c1-26-16-6-4-5-14(11-16)18(23-9-2-3-10-23)13-22-27(24,25)19-12-15(20)7-8-17(19)21/h4-8,11-12,18,22H,2-3,9-10,13H2,1H3. The van der Waals surface area contributed by atoms with E-state index in [1.165, 1.54) is 0 Å². The molecule has 2 aromatic carbocycles. The average Bonchev–Trinajstić information content (AvgIpc) is 3.18. The first-order chi connectivity index (χ1) is 12.9. The highest BCUT2D eigenvalue weighted by Gasteiger charge is 2.27. The van der Waals surface area contributed by atoms with Gasteiger partial charge in [0.1, 0.15) is 22.3 Å². The summed E-state index contributed by atoms with van der Waals surface area (Å²) in [5.74, 6) is -1.11. The van der Waals surface area contributed by atoms with Crippen molar-refractivity contribution in [3.8, 4) is 5.75 Å². The summed E-state index contributed by atoms with van der Waals surface area (Å²) in [5, 5.41) is 0. The summed E-state index contributed by atoms with van der Waals surface area (Å²) in [7, 11) is -2.62. The van der Waals surface area contributed by atoms with Crippen molar-refractivity contribution < 1.29 is 21.9 Å². The zero-order valence-corrected chi connectivity index (χ0v) is 15.8. The topological polar surface area (TPSA) is 58.6 Å². The molecule has 0 amide bonds. The van der Waals surface area contributed by atoms with E-state index in [4.69, 9.17) is 4.74 Å². The number of likely N-dealkylation sites (tertiary alicyclic amines) is 1. The van der Waals surface area contributed by atoms with Gasteiger partial charge in [-0.05, 0) is 61.8 Å². The summed E-state index contributed by atoms with van der Waals surface area (Å²) in [6.45, 7) is 1.74. The summed E-state index contributed by atoms with van der Waals surface area (Å²) in [6.07, 6.45) is 2.07. The molecule has 1 aliphatic heterocycles. The van der Waals surface area contributed by atoms with Gasteiger partial charge in [-0.2, -0.15) is 0 Å². The molecule has 0 aromatic heterocycles. The van der Waals surface area contributed by atoms with Gasteiger partial charge in [0.05, 0.1) is 7.11 Å². The van der Waals surface area contributed by atoms with E-state index in [0.717, 1.165) is 43.6 Å². The normalized spacial score (nSPS) is 16.4. The molecule has 27 heavy (non-hydrogen) atoms. The Kier molecular flexibility index (Phi) is 6.08. The summed E-state index contributed by atoms with van der Waals surface area (Å²) in [4.78, 5) is 1.49. The number of nitrogens with one attached hydrogen (secondary N) is 1. The van der Waals surface area contributed by atoms with Crippen molar-refractivity contribution in [3.63, 3.8) is 0 Å². The van der Waals surface area contributed by atoms with Gasteiger partial charge in [-0.3, -0.25) is 4.90 Å². The molecule has 0 spiro atoms. The molecule has 1 fully saturated rings. The molecular formula is C19H22F2N2O3S. The number of hydrogen-bond acceptors (Lipinski definition) is 4. The van der Waals surface area contributed by atoms with Gasteiger partial charge in [-0.1, -0.05) is 12.1 Å². The number of methoxy groups -OCH3 is 1. The molecule has 1 unspecified atom stereocenters. The maximum absolute atomic E-state index is 13.9. The zero-order chi connectivity index (χ0) is 19.4. The SMILES string of the molecule is COc1cccc(C(CNS(=O)(=O)c2cc(F)ccc2F)N2CCCC2)c1. The molecule has 0 bridgehead atoms. The van der Waals surface area contributed by atoms with E-state index in [0.29, 0.717) is 11.8 Å². The maximum atomic E-state index is 13.9. The molecule has 3 rings (SSSR count). The van der Waals surface area contributed by atoms with Crippen molar-refractivity contribution in [1.29, 1.82) is 0 Å². The quantitative estimate of drug-likeness (QED) is 0.781. The van der Waals surface area contributed by atoms with E-state index in [-0.39, 0.29) is 12.6 Å². The van der Waals surface area contributed by atoms with Gasteiger partial charge in [0.15, 0.2) is 0 Å². The minimum atomic E-state index is -4.18. The fourth-order valence-corrected chi connectivity index (χ4v) is 4.43. The molecule has 0 aliphatic carbocycles. The molecule has 1 N–H and O–H groups in total. The van der Waals surface area contributed by atoms with E-state index in [1.54, 1.807) is 7.11 Å². The van der Waals surface area contributed by atoms with Crippen molar-refractivity contribution in [1.82, 2.24) is 9.62 Å². The fraction of sp³-hybridized carbons (Fsp3) is 0.368. The van der Waals surface area contributed by atoms with Crippen molar-refractivity contribution in [2.45, 2.75) is 23.8 Å². The van der Waals surface area contributed by atoms with E-state index >= 15 is 0 Å². The molecule has 146 valence electrons. The van der Waals surface area contributed by atoms with Crippen molar-refractivity contribution in [2.24, 2.45) is 0 Å². The van der Waals surface area contributed by atoms with Crippen LogP contribution in [0.1, 0.15) is 24.4 Å². The molecule has 1 aliphatic rings. The second-order valence-electron chi connectivity index (χ2n) is 6.46. The van der Waals surface area contributed by atoms with E-state index in [1.807, 2.05) is 24.3 Å². The number of benzene rings is 2. The first-order valence-electron chi connectivity index (χ1n) is 8.73. The highest BCUT2D eigenvalue weighted by molar-refractivity contribution is 7.89. The lowest BCUT2D eigenvalue weighted by Crippen LogP contribution is -2.37. The smallest absolute Gasteiger partial charge is 0.243 e. The first-order valence-corrected chi connectivity index (χ1v) is 10.2. The van der Waals surface area contributed by atoms with Crippen LogP contribution in [0.25, 0.3) is 0 Å². The van der Waals surface area contributed by atoms with Gasteiger partial charge in [-0.15, -0.1) is 0 Å². The van der Waals surface area contributed by atoms with Gasteiger partial charge >= 0.3 is 0 Å². The number of halogens is 2. The van der Waals surface area contributed by atoms with Crippen LogP contribution in [0.15, 0.2) is 47.4 Å². The van der Waals surface area contributed by atoms with Crippen LogP contribution < -0.4 is 9.46 Å². The van der Waals surface area contributed by atoms with E-state index in [2.05, 4.69) is 9.62 Å². The van der Waals surface area contributed by atoms with Gasteiger partial charge in [0.25, 0.3) is 0 Å². The second-order valence-corrected chi connectivity index (χ2v) is 8.20. The Labute approximate surface area is 158 Å². The monoisotopic (exact) mass is 396 g/mol. The molecule has 0 saturated carbocycles. The maximum Gasteiger partial charge on any atom is 0.243 e. The first kappa shape index (κ1) is 19.7. The minimum absolute atomic E-state index is 0.0471. The Balaban J connectivity index is 1.85. The zero-order valence-electron chi connectivity index (χ0n) is 15.0. The lowest BCUT2D eigenvalue weighted by atomic mass is 10.1. The number of ether oxygens (including phenoxy) is 1. The molecule has 5 nitrogen and oxygen atoms in total. The van der Waals surface area contributed by atoms with Crippen LogP contribution in [0.5, 0.6) is 5.75 Å². The molecular weight excluding hydrogens is 374 g/mol. The molecule has 1 atom stereocenters. The van der Waals surface area contributed by atoms with E-state index < -0.39 is 26.6 Å². The lowest BCUT2D eigenvalue weighted by molar-refractivity contribution is 0.246. The summed E-state index contributed by atoms with van der Waals surface area (Å²) in [5.41, 5.74) is 0.902. The van der Waals surface area contributed by atoms with Crippen LogP contribution in [0.4, 0.5) is 8.78 Å². The Morgan fingerprint density at radius 3 is 2.59 bits per heavy atom. The van der Waals surface area contributed by atoms with Gasteiger partial charge in [0.2, 0.25) is 10.0 Å². The Bertz CT molecular complexity index is 900. The van der Waals surface area contributed by atoms with Crippen molar-refractivity contribution in [2.75, 3.05) is 26.7 Å². The van der Waals surface area contributed by atoms with Crippen LogP contribution >= 0.6 is 0 Å². The third-order valence-corrected chi connectivity index (χ3v) is 6.15. The molecule has 1 heterocycles. The van der Waals surface area contributed by atoms with Crippen LogP contribution in [0, 0.1) is 11.6 Å². The van der Waals surface area contributed by atoms with Crippen LogP contribution in [0.2, 0.25) is 0 Å². The van der Waals surface area contributed by atoms with Crippen LogP contribution in [-0.4, -0.2) is 40.1 Å². The van der Waals surface area contributed by atoms with Gasteiger partial charge in [0, 0.05) is 12.6 Å². The molecule has 8 heteroatoms. The Hall–Kier alpha value is -2.03. The number of sulfonamides is 1. The molecule has 1 saturated heterocycles. The summed E-state index contributed by atoms with van der Waals surface area (Å²) in [6, 6.07) is 9.58. The highest BCUT2D eigenvalue weighted by atomic mass is 32.2. The third-order valence-electron chi connectivity index (χ3n) is 4.71. The lowest BCUT2D eigenvalue weighted by Gasteiger charge is -2.28. The molecule has 2 aromatic rings. The number of nitrogens with zero attached hydrogens (tertiary/aromatic N) is 1. The molecule has 0 radical (unpaired) electrons. The van der Waals surface area contributed by atoms with Crippen LogP contribution in [0.3, 0.4) is 0 Å². The van der Waals surface area contributed by atoms with Crippen molar-refractivity contribution in [3.05, 3.63) is 59.7 Å². The van der Waals surface area contributed by atoms with E-state index in [9.17, 15) is 17.2 Å². The summed E-state index contributed by atoms with van der Waals surface area (Å²) >= 11 is 0. The Morgan fingerprint density at radius 2 is 1.89 bits per heavy atom. The highest BCUT2D eigenvalue weighted by Crippen LogP contribution is 2.28. The minimum Gasteiger partial charge on any atom is -0.497 e. The van der Waals surface area contributed by atoms with Gasteiger partial charge in [-0.25, -0.2) is 21.9 Å². The predicted molar refractivity (Wildman–Crippen MR) is 98.1 cm³/mol. The summed E-state index contributed by atoms with van der Waals surface area (Å²) < 4.78 is 60.0. The van der Waals surface area contributed by atoms with Gasteiger partial charge < -0.3 is 4.74 Å². The van der Waals surface area contributed by atoms with Crippen molar-refractivity contribution >= 4 is 10.0 Å². The fourth-order valence-electron chi connectivity index (χ4n) is 3.31. The second kappa shape index (κ2) is 8.33. The number of rotatable bonds is 7. The predicted octanol–water partition coefficient (Wildman–Crippen LogP) is 3.09. The third kappa shape index (κ3) is 4.63. The average molecular weight is 396 g/mol.